The molecule has 0 aliphatic carbocycles. The van der Waals surface area contributed by atoms with Gasteiger partial charge in [0.05, 0.1) is 6.33 Å². The first-order chi connectivity index (χ1) is 15.5. The zero-order valence-corrected chi connectivity index (χ0v) is 18.1. The number of amides is 1. The smallest absolute Gasteiger partial charge is 0.271 e. The summed E-state index contributed by atoms with van der Waals surface area (Å²) in [5.74, 6) is 1.82. The van der Waals surface area contributed by atoms with E-state index in [0.29, 0.717) is 24.6 Å². The first-order valence-electron chi connectivity index (χ1n) is 10.3. The number of para-hydroxylation sites is 1. The van der Waals surface area contributed by atoms with E-state index in [2.05, 4.69) is 15.3 Å². The molecule has 0 unspecified atom stereocenters. The Bertz CT molecular complexity index is 1190. The highest BCUT2D eigenvalue weighted by molar-refractivity contribution is 5.92. The Morgan fingerprint density at radius 1 is 1.06 bits per heavy atom. The minimum absolute atomic E-state index is 0.231. The molecule has 7 nitrogen and oxygen atoms in total. The van der Waals surface area contributed by atoms with Crippen molar-refractivity contribution in [2.75, 3.05) is 5.73 Å². The van der Waals surface area contributed by atoms with Gasteiger partial charge in [0.15, 0.2) is 0 Å². The molecular formula is C25H25N5O2. The fraction of sp³-hybridized carbons (Fsp3) is 0.160. The van der Waals surface area contributed by atoms with E-state index in [1.54, 1.807) is 18.6 Å². The van der Waals surface area contributed by atoms with E-state index >= 15 is 0 Å². The van der Waals surface area contributed by atoms with Crippen molar-refractivity contribution in [1.82, 2.24) is 19.9 Å². The lowest BCUT2D eigenvalue weighted by Gasteiger charge is -2.10. The van der Waals surface area contributed by atoms with Gasteiger partial charge in [-0.25, -0.2) is 9.97 Å². The van der Waals surface area contributed by atoms with Gasteiger partial charge in [0, 0.05) is 25.0 Å². The van der Waals surface area contributed by atoms with Crippen LogP contribution in [-0.4, -0.2) is 20.4 Å². The van der Waals surface area contributed by atoms with E-state index in [-0.39, 0.29) is 5.91 Å². The Labute approximate surface area is 186 Å². The summed E-state index contributed by atoms with van der Waals surface area (Å²) in [5.41, 5.74) is 9.99. The fourth-order valence-corrected chi connectivity index (χ4v) is 3.48. The Morgan fingerprint density at radius 3 is 2.50 bits per heavy atom. The molecule has 3 N–H and O–H groups in total. The lowest BCUT2D eigenvalue weighted by molar-refractivity contribution is 0.0946. The number of imidazole rings is 1. The number of hydrogen-bond acceptors (Lipinski definition) is 5. The molecule has 0 fully saturated rings. The minimum Gasteiger partial charge on any atom is -0.457 e. The van der Waals surface area contributed by atoms with Crippen LogP contribution in [0.15, 0.2) is 73.2 Å². The zero-order valence-electron chi connectivity index (χ0n) is 18.1. The number of benzene rings is 2. The molecule has 0 atom stereocenters. The summed E-state index contributed by atoms with van der Waals surface area (Å²) in [6, 6.07) is 19.3. The molecule has 4 aromatic rings. The number of carbonyl (C=O) groups is 1. The molecule has 2 aromatic carbocycles. The number of aromatic nitrogens is 3. The van der Waals surface area contributed by atoms with Gasteiger partial charge in [0.1, 0.15) is 23.0 Å². The van der Waals surface area contributed by atoms with Crippen molar-refractivity contribution in [1.29, 1.82) is 0 Å². The summed E-state index contributed by atoms with van der Waals surface area (Å²) in [4.78, 5) is 21.1. The number of ether oxygens (including phenoxy) is 1. The third-order valence-electron chi connectivity index (χ3n) is 5.13. The summed E-state index contributed by atoms with van der Waals surface area (Å²) in [6.07, 6.45) is 3.40. The normalized spacial score (nSPS) is 10.7. The molecule has 0 saturated heterocycles. The first-order valence-corrected chi connectivity index (χ1v) is 10.3. The maximum Gasteiger partial charge on any atom is 0.271 e. The molecule has 0 bridgehead atoms. The third-order valence-corrected chi connectivity index (χ3v) is 5.13. The first kappa shape index (κ1) is 21.1. The molecule has 7 heteroatoms. The monoisotopic (exact) mass is 427 g/mol. The number of nitrogens with zero attached hydrogens (tertiary/aromatic N) is 3. The van der Waals surface area contributed by atoms with Gasteiger partial charge in [-0.2, -0.15) is 0 Å². The highest BCUT2D eigenvalue weighted by Crippen LogP contribution is 2.21. The van der Waals surface area contributed by atoms with Gasteiger partial charge in [-0.3, -0.25) is 4.79 Å². The van der Waals surface area contributed by atoms with E-state index in [1.165, 1.54) is 0 Å². The van der Waals surface area contributed by atoms with Crippen LogP contribution in [0, 0.1) is 13.8 Å². The van der Waals surface area contributed by atoms with Crippen LogP contribution in [-0.2, 0) is 13.1 Å². The second kappa shape index (κ2) is 9.34. The van der Waals surface area contributed by atoms with Gasteiger partial charge in [-0.15, -0.1) is 0 Å². The highest BCUT2D eigenvalue weighted by atomic mass is 16.5. The Kier molecular flexibility index (Phi) is 6.17. The lowest BCUT2D eigenvalue weighted by atomic mass is 10.1. The van der Waals surface area contributed by atoms with Gasteiger partial charge >= 0.3 is 0 Å². The van der Waals surface area contributed by atoms with Crippen LogP contribution in [0.1, 0.15) is 32.9 Å². The van der Waals surface area contributed by atoms with Crippen LogP contribution < -0.4 is 15.8 Å². The molecule has 2 aromatic heterocycles. The SMILES string of the molecule is Cc1cc(N)nc(C)c1CNC(=O)c1cn(Cc2ccc(Oc3ccccc3)cc2)cn1. The van der Waals surface area contributed by atoms with E-state index in [0.717, 1.165) is 33.9 Å². The van der Waals surface area contributed by atoms with Crippen molar-refractivity contribution in [2.24, 2.45) is 0 Å². The average molecular weight is 428 g/mol. The standard InChI is InChI=1S/C25H25N5O2/c1-17-12-24(26)29-18(2)22(17)13-27-25(31)23-15-30(16-28-23)14-19-8-10-21(11-9-19)32-20-6-4-3-5-7-20/h3-12,15-16H,13-14H2,1-2H3,(H2,26,29)(H,27,31). The quantitative estimate of drug-likeness (QED) is 0.460. The minimum atomic E-state index is -0.231. The predicted molar refractivity (Wildman–Crippen MR) is 124 cm³/mol. The fourth-order valence-electron chi connectivity index (χ4n) is 3.48. The molecule has 1 amide bonds. The topological polar surface area (TPSA) is 95.1 Å². The molecular weight excluding hydrogens is 402 g/mol. The van der Waals surface area contributed by atoms with Crippen molar-refractivity contribution in [3.63, 3.8) is 0 Å². The van der Waals surface area contributed by atoms with Crippen molar-refractivity contribution in [3.05, 3.63) is 101 Å². The Hall–Kier alpha value is -4.13. The molecule has 0 aliphatic rings. The van der Waals surface area contributed by atoms with Crippen molar-refractivity contribution in [3.8, 4) is 11.5 Å². The number of rotatable bonds is 7. The molecule has 32 heavy (non-hydrogen) atoms. The van der Waals surface area contributed by atoms with E-state index in [4.69, 9.17) is 10.5 Å². The number of nitrogens with two attached hydrogens (primary N) is 1. The molecule has 0 aliphatic heterocycles. The molecule has 2 heterocycles. The van der Waals surface area contributed by atoms with Crippen LogP contribution >= 0.6 is 0 Å². The molecule has 0 saturated carbocycles. The Balaban J connectivity index is 1.35. The van der Waals surface area contributed by atoms with Crippen LogP contribution in [0.3, 0.4) is 0 Å². The number of hydrogen-bond donors (Lipinski definition) is 2. The predicted octanol–water partition coefficient (Wildman–Crippen LogP) is 4.25. The summed E-state index contributed by atoms with van der Waals surface area (Å²) in [6.45, 7) is 4.82. The van der Waals surface area contributed by atoms with Crippen LogP contribution in [0.5, 0.6) is 11.5 Å². The number of carbonyl (C=O) groups excluding carboxylic acids is 1. The summed E-state index contributed by atoms with van der Waals surface area (Å²) < 4.78 is 7.70. The number of aryl methyl sites for hydroxylation is 2. The number of nitrogen functional groups attached to an aromatic ring is 1. The van der Waals surface area contributed by atoms with Gasteiger partial charge in [0.2, 0.25) is 0 Å². The van der Waals surface area contributed by atoms with Crippen LogP contribution in [0.25, 0.3) is 0 Å². The van der Waals surface area contributed by atoms with Crippen LogP contribution in [0.4, 0.5) is 5.82 Å². The largest absolute Gasteiger partial charge is 0.457 e. The molecule has 0 spiro atoms. The third kappa shape index (κ3) is 5.13. The molecule has 4 rings (SSSR count). The molecule has 162 valence electrons. The maximum absolute atomic E-state index is 12.5. The second-order valence-electron chi connectivity index (χ2n) is 7.60. The maximum atomic E-state index is 12.5. The number of anilines is 1. The Morgan fingerprint density at radius 2 is 1.78 bits per heavy atom. The van der Waals surface area contributed by atoms with Crippen molar-refractivity contribution in [2.45, 2.75) is 26.9 Å². The lowest BCUT2D eigenvalue weighted by Crippen LogP contribution is -2.24. The zero-order chi connectivity index (χ0) is 22.5. The highest BCUT2D eigenvalue weighted by Gasteiger charge is 2.12. The van der Waals surface area contributed by atoms with Crippen LogP contribution in [0.2, 0.25) is 0 Å². The van der Waals surface area contributed by atoms with Gasteiger partial charge in [0.25, 0.3) is 5.91 Å². The average Bonchev–Trinajstić information content (AvgIpc) is 3.23. The van der Waals surface area contributed by atoms with Gasteiger partial charge in [-0.05, 0) is 60.9 Å². The number of pyridine rings is 1. The van der Waals surface area contributed by atoms with Gasteiger partial charge in [-0.1, -0.05) is 30.3 Å². The summed E-state index contributed by atoms with van der Waals surface area (Å²) >= 11 is 0. The number of nitrogens with one attached hydrogen (secondary N) is 1. The van der Waals surface area contributed by atoms with Crippen molar-refractivity contribution >= 4 is 11.7 Å². The second-order valence-corrected chi connectivity index (χ2v) is 7.60. The summed E-state index contributed by atoms with van der Waals surface area (Å²) in [5, 5.41) is 2.91. The molecule has 0 radical (unpaired) electrons. The van der Waals surface area contributed by atoms with Gasteiger partial charge < -0.3 is 20.4 Å². The summed E-state index contributed by atoms with van der Waals surface area (Å²) in [7, 11) is 0. The van der Waals surface area contributed by atoms with E-state index in [9.17, 15) is 4.79 Å². The van der Waals surface area contributed by atoms with Crippen molar-refractivity contribution < 1.29 is 9.53 Å². The van der Waals surface area contributed by atoms with E-state index < -0.39 is 0 Å². The van der Waals surface area contributed by atoms with E-state index in [1.807, 2.05) is 73.0 Å².